The van der Waals surface area contributed by atoms with Gasteiger partial charge in [0.25, 0.3) is 5.56 Å². The lowest BCUT2D eigenvalue weighted by molar-refractivity contribution is -0.150. The van der Waals surface area contributed by atoms with Crippen LogP contribution >= 0.6 is 11.6 Å². The van der Waals surface area contributed by atoms with Gasteiger partial charge in [-0.05, 0) is 68.1 Å². The SMILES string of the molecule is CCOC(=O)[C@H](C)Oc1c(C=Nn2c(-c3cc(C(C)C)c(OC)cc3C)nc3ccccc3c2=O)cc(Cl)cc1OC. The molecule has 220 valence electrons. The number of nitrogens with zero attached hydrogens (tertiary/aromatic N) is 3. The summed E-state index contributed by atoms with van der Waals surface area (Å²) in [6.07, 6.45) is 0.495. The summed E-state index contributed by atoms with van der Waals surface area (Å²) in [5.74, 6) is 1.24. The van der Waals surface area contributed by atoms with E-state index in [2.05, 4.69) is 18.9 Å². The summed E-state index contributed by atoms with van der Waals surface area (Å²) in [7, 11) is 3.10. The number of benzene rings is 3. The van der Waals surface area contributed by atoms with Gasteiger partial charge in [0.1, 0.15) is 5.75 Å². The lowest BCUT2D eigenvalue weighted by atomic mass is 9.96. The molecule has 0 unspecified atom stereocenters. The zero-order valence-electron chi connectivity index (χ0n) is 24.7. The van der Waals surface area contributed by atoms with E-state index in [1.54, 1.807) is 51.3 Å². The molecule has 0 saturated heterocycles. The van der Waals surface area contributed by atoms with Crippen molar-refractivity contribution >= 4 is 34.7 Å². The molecule has 0 aliphatic heterocycles. The second-order valence-corrected chi connectivity index (χ2v) is 10.4. The fraction of sp³-hybridized carbons (Fsp3) is 0.312. The first kappa shape index (κ1) is 30.6. The van der Waals surface area contributed by atoms with E-state index in [4.69, 9.17) is 35.5 Å². The molecule has 0 aliphatic carbocycles. The largest absolute Gasteiger partial charge is 0.496 e. The van der Waals surface area contributed by atoms with Gasteiger partial charge in [-0.3, -0.25) is 4.79 Å². The topological polar surface area (TPSA) is 101 Å². The Bertz CT molecular complexity index is 1710. The van der Waals surface area contributed by atoms with Crippen molar-refractivity contribution in [3.05, 3.63) is 80.6 Å². The van der Waals surface area contributed by atoms with Crippen LogP contribution in [0.2, 0.25) is 5.02 Å². The van der Waals surface area contributed by atoms with Crippen molar-refractivity contribution in [1.82, 2.24) is 9.66 Å². The molecule has 0 aliphatic rings. The molecule has 4 aromatic rings. The summed E-state index contributed by atoms with van der Waals surface area (Å²) in [4.78, 5) is 31.0. The van der Waals surface area contributed by atoms with Gasteiger partial charge in [-0.1, -0.05) is 37.6 Å². The van der Waals surface area contributed by atoms with Crippen molar-refractivity contribution in [3.63, 3.8) is 0 Å². The average Bonchev–Trinajstić information content (AvgIpc) is 2.97. The number of aromatic nitrogens is 2. The van der Waals surface area contributed by atoms with Crippen LogP contribution in [0.1, 0.15) is 50.3 Å². The Labute approximate surface area is 249 Å². The Morgan fingerprint density at radius 1 is 1.07 bits per heavy atom. The third kappa shape index (κ3) is 6.26. The van der Waals surface area contributed by atoms with Gasteiger partial charge < -0.3 is 18.9 Å². The zero-order chi connectivity index (χ0) is 30.6. The molecular formula is C32H34ClN3O6. The summed E-state index contributed by atoms with van der Waals surface area (Å²) in [5, 5.41) is 5.36. The van der Waals surface area contributed by atoms with Crippen LogP contribution < -0.4 is 19.8 Å². The highest BCUT2D eigenvalue weighted by Gasteiger charge is 2.22. The molecular weight excluding hydrogens is 558 g/mol. The first-order chi connectivity index (χ1) is 20.1. The summed E-state index contributed by atoms with van der Waals surface area (Å²) < 4.78 is 23.4. The average molecular weight is 592 g/mol. The van der Waals surface area contributed by atoms with Crippen LogP contribution in [0.3, 0.4) is 0 Å². The van der Waals surface area contributed by atoms with Crippen LogP contribution in [0.15, 0.2) is 58.4 Å². The van der Waals surface area contributed by atoms with Crippen molar-refractivity contribution in [3.8, 4) is 28.6 Å². The van der Waals surface area contributed by atoms with Gasteiger partial charge >= 0.3 is 5.97 Å². The van der Waals surface area contributed by atoms with Gasteiger partial charge in [0.2, 0.25) is 0 Å². The molecule has 1 atom stereocenters. The summed E-state index contributed by atoms with van der Waals surface area (Å²) in [6.45, 7) is 9.57. The minimum atomic E-state index is -0.941. The number of hydrogen-bond donors (Lipinski definition) is 0. The highest BCUT2D eigenvalue weighted by atomic mass is 35.5. The Hall–Kier alpha value is -4.37. The molecule has 3 aromatic carbocycles. The summed E-state index contributed by atoms with van der Waals surface area (Å²) in [6, 6.07) is 14.2. The van der Waals surface area contributed by atoms with E-state index in [-0.39, 0.29) is 29.6 Å². The predicted octanol–water partition coefficient (Wildman–Crippen LogP) is 6.38. The predicted molar refractivity (Wildman–Crippen MR) is 165 cm³/mol. The Kier molecular flexibility index (Phi) is 9.52. The molecule has 0 radical (unpaired) electrons. The van der Waals surface area contributed by atoms with E-state index in [1.165, 1.54) is 18.0 Å². The van der Waals surface area contributed by atoms with Crippen molar-refractivity contribution < 1.29 is 23.7 Å². The highest BCUT2D eigenvalue weighted by molar-refractivity contribution is 6.31. The highest BCUT2D eigenvalue weighted by Crippen LogP contribution is 2.36. The van der Waals surface area contributed by atoms with Crippen LogP contribution in [-0.2, 0) is 9.53 Å². The van der Waals surface area contributed by atoms with Crippen LogP contribution in [-0.4, -0.2) is 48.8 Å². The molecule has 0 fully saturated rings. The Morgan fingerprint density at radius 3 is 2.45 bits per heavy atom. The first-order valence-electron chi connectivity index (χ1n) is 13.5. The lowest BCUT2D eigenvalue weighted by Gasteiger charge is -2.18. The maximum atomic E-state index is 13.9. The number of esters is 1. The van der Waals surface area contributed by atoms with Gasteiger partial charge in [0.15, 0.2) is 23.4 Å². The normalized spacial score (nSPS) is 12.1. The smallest absolute Gasteiger partial charge is 0.347 e. The fourth-order valence-corrected chi connectivity index (χ4v) is 4.76. The molecule has 1 heterocycles. The standard InChI is InChI=1S/C32H34ClN3O6/c1-8-41-32(38)20(5)42-29-21(14-22(33)15-28(29)40-7)17-34-36-30(35-26-12-10-9-11-23(26)31(36)37)25-16-24(18(2)3)27(39-6)13-19(25)4/h9-18,20H,8H2,1-7H3/t20-/m0/s1. The van der Waals surface area contributed by atoms with Crippen molar-refractivity contribution in [2.24, 2.45) is 5.10 Å². The van der Waals surface area contributed by atoms with E-state index >= 15 is 0 Å². The second kappa shape index (κ2) is 13.1. The summed E-state index contributed by atoms with van der Waals surface area (Å²) in [5.41, 5.74) is 3.14. The van der Waals surface area contributed by atoms with Gasteiger partial charge in [-0.15, -0.1) is 0 Å². The maximum absolute atomic E-state index is 13.9. The molecule has 0 amide bonds. The number of para-hydroxylation sites is 1. The van der Waals surface area contributed by atoms with Crippen LogP contribution in [0.25, 0.3) is 22.3 Å². The number of rotatable bonds is 10. The van der Waals surface area contributed by atoms with E-state index in [0.717, 1.165) is 22.4 Å². The first-order valence-corrected chi connectivity index (χ1v) is 13.9. The van der Waals surface area contributed by atoms with E-state index in [9.17, 15) is 9.59 Å². The van der Waals surface area contributed by atoms with Gasteiger partial charge in [-0.25, -0.2) is 9.78 Å². The molecule has 0 N–H and O–H groups in total. The van der Waals surface area contributed by atoms with Crippen LogP contribution in [0.5, 0.6) is 17.2 Å². The van der Waals surface area contributed by atoms with E-state index in [1.807, 2.05) is 25.1 Å². The van der Waals surface area contributed by atoms with Gasteiger partial charge in [0, 0.05) is 22.2 Å². The number of ether oxygens (including phenoxy) is 4. The molecule has 9 nitrogen and oxygen atoms in total. The molecule has 10 heteroatoms. The lowest BCUT2D eigenvalue weighted by Crippen LogP contribution is -2.26. The van der Waals surface area contributed by atoms with E-state index < -0.39 is 12.1 Å². The minimum absolute atomic E-state index is 0.156. The number of aryl methyl sites for hydroxylation is 1. The second-order valence-electron chi connectivity index (χ2n) is 9.92. The quantitative estimate of drug-likeness (QED) is 0.156. The Morgan fingerprint density at radius 2 is 1.79 bits per heavy atom. The van der Waals surface area contributed by atoms with Crippen LogP contribution in [0, 0.1) is 6.92 Å². The molecule has 1 aromatic heterocycles. The van der Waals surface area contributed by atoms with Crippen molar-refractivity contribution in [1.29, 1.82) is 0 Å². The fourth-order valence-electron chi connectivity index (χ4n) is 4.54. The molecule has 0 saturated carbocycles. The maximum Gasteiger partial charge on any atom is 0.347 e. The van der Waals surface area contributed by atoms with Gasteiger partial charge in [-0.2, -0.15) is 9.78 Å². The Balaban J connectivity index is 1.95. The number of hydrogen-bond acceptors (Lipinski definition) is 8. The molecule has 0 bridgehead atoms. The number of fused-ring (bicyclic) bond motifs is 1. The number of carbonyl (C=O) groups excluding carboxylic acids is 1. The third-order valence-electron chi connectivity index (χ3n) is 6.69. The molecule has 42 heavy (non-hydrogen) atoms. The third-order valence-corrected chi connectivity index (χ3v) is 6.91. The monoisotopic (exact) mass is 591 g/mol. The van der Waals surface area contributed by atoms with E-state index in [0.29, 0.717) is 27.3 Å². The van der Waals surface area contributed by atoms with Crippen molar-refractivity contribution in [2.75, 3.05) is 20.8 Å². The molecule has 0 spiro atoms. The minimum Gasteiger partial charge on any atom is -0.496 e. The van der Waals surface area contributed by atoms with Crippen LogP contribution in [0.4, 0.5) is 0 Å². The van der Waals surface area contributed by atoms with Crippen molar-refractivity contribution in [2.45, 2.75) is 46.6 Å². The summed E-state index contributed by atoms with van der Waals surface area (Å²) >= 11 is 6.38. The zero-order valence-corrected chi connectivity index (χ0v) is 25.5. The molecule has 4 rings (SSSR count). The number of carbonyl (C=O) groups is 1. The number of halogens is 1. The van der Waals surface area contributed by atoms with Gasteiger partial charge in [0.05, 0.1) is 37.9 Å². The number of methoxy groups -OCH3 is 2.